The summed E-state index contributed by atoms with van der Waals surface area (Å²) >= 11 is 0. The molecule has 1 aromatic heterocycles. The number of fused-ring (bicyclic) bond motifs is 1. The number of aromatic nitrogens is 2. The van der Waals surface area contributed by atoms with E-state index >= 15 is 0 Å². The van der Waals surface area contributed by atoms with Crippen LogP contribution in [0.3, 0.4) is 0 Å². The van der Waals surface area contributed by atoms with Gasteiger partial charge in [-0.25, -0.2) is 4.98 Å². The molecule has 0 saturated carbocycles. The highest BCUT2D eigenvalue weighted by molar-refractivity contribution is 5.56. The summed E-state index contributed by atoms with van der Waals surface area (Å²) in [6.45, 7) is 6.22. The van der Waals surface area contributed by atoms with E-state index in [1.165, 1.54) is 11.1 Å². The predicted octanol–water partition coefficient (Wildman–Crippen LogP) is 4.91. The average molecular weight is 344 g/mol. The molecular weight excluding hydrogens is 320 g/mol. The van der Waals surface area contributed by atoms with Gasteiger partial charge in [0.25, 0.3) is 0 Å². The van der Waals surface area contributed by atoms with Crippen LogP contribution in [-0.2, 0) is 13.0 Å². The Kier molecular flexibility index (Phi) is 4.57. The summed E-state index contributed by atoms with van der Waals surface area (Å²) in [5, 5.41) is 3.35. The number of nitrogens with zero attached hydrogens (tertiary/aromatic N) is 3. The van der Waals surface area contributed by atoms with Gasteiger partial charge in [0.1, 0.15) is 5.82 Å². The molecule has 0 unspecified atom stereocenters. The molecule has 4 heteroatoms. The van der Waals surface area contributed by atoms with E-state index in [1.807, 2.05) is 30.3 Å². The van der Waals surface area contributed by atoms with E-state index in [0.29, 0.717) is 11.9 Å². The summed E-state index contributed by atoms with van der Waals surface area (Å²) in [5.74, 6) is 2.01. The fourth-order valence-electron chi connectivity index (χ4n) is 3.31. The van der Waals surface area contributed by atoms with Crippen molar-refractivity contribution in [1.82, 2.24) is 9.97 Å². The maximum absolute atomic E-state index is 4.81. The second-order valence-corrected chi connectivity index (χ2v) is 7.06. The van der Waals surface area contributed by atoms with Gasteiger partial charge in [0.15, 0.2) is 0 Å². The molecule has 0 saturated heterocycles. The second-order valence-electron chi connectivity index (χ2n) is 7.06. The Hall–Kier alpha value is -2.88. The first-order valence-corrected chi connectivity index (χ1v) is 9.22. The number of hydrogen-bond acceptors (Lipinski definition) is 4. The fraction of sp³-hybridized carbons (Fsp3) is 0.273. The minimum absolute atomic E-state index is 0.352. The van der Waals surface area contributed by atoms with Crippen molar-refractivity contribution in [2.45, 2.75) is 32.7 Å². The third-order valence-electron chi connectivity index (χ3n) is 4.81. The minimum atomic E-state index is 0.352. The molecule has 4 nitrogen and oxygen atoms in total. The van der Waals surface area contributed by atoms with Crippen LogP contribution in [0.5, 0.6) is 0 Å². The number of rotatable bonds is 4. The summed E-state index contributed by atoms with van der Waals surface area (Å²) < 4.78 is 0. The molecule has 1 aliphatic rings. The standard InChI is InChI=1S/C22H24N4/c1-16(2)20-14-21(25-22(24-20)23-19-10-4-3-5-11-19)26-13-12-17-8-6-7-9-18(17)15-26/h3-11,14,16H,12-13,15H2,1-2H3,(H,23,24,25). The summed E-state index contributed by atoms with van der Waals surface area (Å²) in [7, 11) is 0. The Morgan fingerprint density at radius 2 is 1.65 bits per heavy atom. The zero-order valence-corrected chi connectivity index (χ0v) is 15.3. The molecule has 26 heavy (non-hydrogen) atoms. The largest absolute Gasteiger partial charge is 0.352 e. The molecular formula is C22H24N4. The quantitative estimate of drug-likeness (QED) is 0.730. The first kappa shape index (κ1) is 16.6. The number of nitrogens with one attached hydrogen (secondary N) is 1. The smallest absolute Gasteiger partial charge is 0.229 e. The molecule has 0 bridgehead atoms. The lowest BCUT2D eigenvalue weighted by Crippen LogP contribution is -2.31. The van der Waals surface area contributed by atoms with Crippen LogP contribution in [-0.4, -0.2) is 16.5 Å². The van der Waals surface area contributed by atoms with E-state index in [4.69, 9.17) is 9.97 Å². The van der Waals surface area contributed by atoms with Crippen LogP contribution >= 0.6 is 0 Å². The van der Waals surface area contributed by atoms with Crippen LogP contribution in [0.25, 0.3) is 0 Å². The van der Waals surface area contributed by atoms with E-state index in [2.05, 4.69) is 54.4 Å². The van der Waals surface area contributed by atoms with Gasteiger partial charge >= 0.3 is 0 Å². The molecule has 4 rings (SSSR count). The molecule has 1 aliphatic heterocycles. The summed E-state index contributed by atoms with van der Waals surface area (Å²) in [6.07, 6.45) is 1.05. The normalized spacial score (nSPS) is 13.6. The Labute approximate surface area is 154 Å². The molecule has 0 aliphatic carbocycles. The van der Waals surface area contributed by atoms with Crippen LogP contribution < -0.4 is 10.2 Å². The van der Waals surface area contributed by atoms with Crippen LogP contribution in [0.15, 0.2) is 60.7 Å². The Balaban J connectivity index is 1.65. The molecule has 0 radical (unpaired) electrons. The van der Waals surface area contributed by atoms with E-state index in [-0.39, 0.29) is 0 Å². The van der Waals surface area contributed by atoms with Gasteiger partial charge in [0.2, 0.25) is 5.95 Å². The van der Waals surface area contributed by atoms with Gasteiger partial charge in [-0.05, 0) is 35.6 Å². The minimum Gasteiger partial charge on any atom is -0.352 e. The van der Waals surface area contributed by atoms with E-state index in [9.17, 15) is 0 Å². The summed E-state index contributed by atoms with van der Waals surface area (Å²) in [4.78, 5) is 11.9. The lowest BCUT2D eigenvalue weighted by molar-refractivity contribution is 0.714. The SMILES string of the molecule is CC(C)c1cc(N2CCc3ccccc3C2)nc(Nc2ccccc2)n1. The van der Waals surface area contributed by atoms with Crippen molar-refractivity contribution in [2.75, 3.05) is 16.8 Å². The molecule has 3 aromatic rings. The van der Waals surface area contributed by atoms with Crippen LogP contribution in [0.4, 0.5) is 17.5 Å². The number of benzene rings is 2. The maximum atomic E-state index is 4.81. The number of anilines is 3. The molecule has 2 aromatic carbocycles. The van der Waals surface area contributed by atoms with Gasteiger partial charge in [-0.2, -0.15) is 4.98 Å². The molecule has 132 valence electrons. The Morgan fingerprint density at radius 3 is 2.42 bits per heavy atom. The van der Waals surface area contributed by atoms with Crippen molar-refractivity contribution in [1.29, 1.82) is 0 Å². The second kappa shape index (κ2) is 7.16. The van der Waals surface area contributed by atoms with Crippen molar-refractivity contribution in [3.63, 3.8) is 0 Å². The van der Waals surface area contributed by atoms with Gasteiger partial charge in [0, 0.05) is 24.8 Å². The van der Waals surface area contributed by atoms with E-state index in [1.54, 1.807) is 0 Å². The molecule has 2 heterocycles. The zero-order valence-electron chi connectivity index (χ0n) is 15.3. The maximum Gasteiger partial charge on any atom is 0.229 e. The van der Waals surface area contributed by atoms with Gasteiger partial charge in [0.05, 0.1) is 5.69 Å². The summed E-state index contributed by atoms with van der Waals surface area (Å²) in [6, 6.07) is 20.9. The number of para-hydroxylation sites is 1. The molecule has 0 fully saturated rings. The zero-order chi connectivity index (χ0) is 17.9. The first-order chi connectivity index (χ1) is 12.7. The molecule has 0 spiro atoms. The summed E-state index contributed by atoms with van der Waals surface area (Å²) in [5.41, 5.74) is 4.90. The van der Waals surface area contributed by atoms with Crippen LogP contribution in [0.1, 0.15) is 36.6 Å². The monoisotopic (exact) mass is 344 g/mol. The third kappa shape index (κ3) is 3.54. The Morgan fingerprint density at radius 1 is 0.923 bits per heavy atom. The van der Waals surface area contributed by atoms with E-state index in [0.717, 1.165) is 36.7 Å². The fourth-order valence-corrected chi connectivity index (χ4v) is 3.31. The van der Waals surface area contributed by atoms with Crippen molar-refractivity contribution in [2.24, 2.45) is 0 Å². The lowest BCUT2D eigenvalue weighted by Gasteiger charge is -2.30. The first-order valence-electron chi connectivity index (χ1n) is 9.22. The predicted molar refractivity (Wildman–Crippen MR) is 107 cm³/mol. The molecule has 0 amide bonds. The van der Waals surface area contributed by atoms with Gasteiger partial charge in [-0.3, -0.25) is 0 Å². The van der Waals surface area contributed by atoms with Gasteiger partial charge in [-0.15, -0.1) is 0 Å². The van der Waals surface area contributed by atoms with Crippen molar-refractivity contribution < 1.29 is 0 Å². The van der Waals surface area contributed by atoms with Crippen molar-refractivity contribution in [3.05, 3.63) is 77.5 Å². The topological polar surface area (TPSA) is 41.1 Å². The highest BCUT2D eigenvalue weighted by Crippen LogP contribution is 2.27. The third-order valence-corrected chi connectivity index (χ3v) is 4.81. The Bertz CT molecular complexity index is 890. The highest BCUT2D eigenvalue weighted by Gasteiger charge is 2.19. The van der Waals surface area contributed by atoms with Gasteiger partial charge in [-0.1, -0.05) is 56.3 Å². The van der Waals surface area contributed by atoms with Crippen LogP contribution in [0.2, 0.25) is 0 Å². The molecule has 0 atom stereocenters. The van der Waals surface area contributed by atoms with Crippen molar-refractivity contribution >= 4 is 17.5 Å². The highest BCUT2D eigenvalue weighted by atomic mass is 15.2. The van der Waals surface area contributed by atoms with E-state index < -0.39 is 0 Å². The molecule has 1 N–H and O–H groups in total. The number of hydrogen-bond donors (Lipinski definition) is 1. The van der Waals surface area contributed by atoms with Gasteiger partial charge < -0.3 is 10.2 Å². The van der Waals surface area contributed by atoms with Crippen molar-refractivity contribution in [3.8, 4) is 0 Å². The van der Waals surface area contributed by atoms with Crippen LogP contribution in [0, 0.1) is 0 Å². The average Bonchev–Trinajstić information content (AvgIpc) is 2.68. The lowest BCUT2D eigenvalue weighted by atomic mass is 10.00.